The molecule has 8 aliphatic carbocycles. The summed E-state index contributed by atoms with van der Waals surface area (Å²) in [6.07, 6.45) is 14.1. The second-order valence-electron chi connectivity index (χ2n) is 20.1. The molecular formula is C54H58I5O8+. The van der Waals surface area contributed by atoms with Gasteiger partial charge < -0.3 is 28.4 Å². The van der Waals surface area contributed by atoms with Crippen molar-refractivity contribution in [2.24, 2.45) is 47.3 Å². The monoisotopic (exact) mass is 1470 g/mol. The fourth-order valence-corrected chi connectivity index (χ4v) is 20.1. The molecule has 0 N–H and O–H groups in total. The zero-order valence-corrected chi connectivity index (χ0v) is 48.8. The van der Waals surface area contributed by atoms with Crippen molar-refractivity contribution in [2.45, 2.75) is 115 Å². The van der Waals surface area contributed by atoms with Crippen LogP contribution < -0.4 is 40.2 Å². The molecule has 8 fully saturated rings. The minimum absolute atomic E-state index is 0.106. The summed E-state index contributed by atoms with van der Waals surface area (Å²) in [7, 11) is 0. The molecule has 0 spiro atoms. The molecule has 8 bridgehead atoms. The molecule has 0 aliphatic heterocycles. The maximum atomic E-state index is 13.5. The van der Waals surface area contributed by atoms with E-state index >= 15 is 0 Å². The summed E-state index contributed by atoms with van der Waals surface area (Å²) in [6.45, 7) is 4.82. The molecule has 0 radical (unpaired) electrons. The second-order valence-corrected chi connectivity index (χ2v) is 27.9. The van der Waals surface area contributed by atoms with Crippen LogP contribution in [0.2, 0.25) is 0 Å². The van der Waals surface area contributed by atoms with Crippen molar-refractivity contribution in [2.75, 3.05) is 13.2 Å². The van der Waals surface area contributed by atoms with Gasteiger partial charge in [-0.2, -0.15) is 0 Å². The molecule has 0 atom stereocenters. The van der Waals surface area contributed by atoms with Crippen molar-refractivity contribution in [1.82, 2.24) is 0 Å². The highest BCUT2D eigenvalue weighted by molar-refractivity contribution is 14.1. The van der Waals surface area contributed by atoms with Crippen LogP contribution in [0.3, 0.4) is 0 Å². The van der Waals surface area contributed by atoms with E-state index in [0.717, 1.165) is 73.4 Å². The van der Waals surface area contributed by atoms with Gasteiger partial charge in [0, 0.05) is 18.3 Å². The molecule has 4 aromatic carbocycles. The zero-order chi connectivity index (χ0) is 46.5. The van der Waals surface area contributed by atoms with E-state index in [9.17, 15) is 9.59 Å². The molecule has 0 aromatic heterocycles. The quantitative estimate of drug-likeness (QED) is 0.0719. The van der Waals surface area contributed by atoms with Gasteiger partial charge in [0.25, 0.3) is 0 Å². The lowest BCUT2D eigenvalue weighted by molar-refractivity contribution is -0.597. The maximum Gasteiger partial charge on any atom is 0.357 e. The molecule has 356 valence electrons. The fraction of sp³-hybridized carbons (Fsp3) is 0.519. The van der Waals surface area contributed by atoms with Gasteiger partial charge in [-0.25, -0.2) is 9.59 Å². The summed E-state index contributed by atoms with van der Waals surface area (Å²) in [6, 6.07) is 25.0. The topological polar surface area (TPSA) is 89.5 Å². The van der Waals surface area contributed by atoms with Gasteiger partial charge in [0.05, 0.1) is 7.14 Å². The van der Waals surface area contributed by atoms with Crippen molar-refractivity contribution in [1.29, 1.82) is 0 Å². The molecule has 13 heteroatoms. The minimum atomic E-state index is -0.432. The number of esters is 2. The maximum absolute atomic E-state index is 13.5. The summed E-state index contributed by atoms with van der Waals surface area (Å²) in [5, 5.41) is 0. The first kappa shape index (κ1) is 49.3. The number of rotatable bonds is 18. The normalized spacial score (nSPS) is 29.7. The first-order valence-corrected chi connectivity index (χ1v) is 30.6. The molecule has 0 heterocycles. The number of carbonyl (C=O) groups is 2. The number of benzene rings is 4. The van der Waals surface area contributed by atoms with Crippen LogP contribution in [0, 0.1) is 68.8 Å². The first-order valence-electron chi connectivity index (χ1n) is 24.1. The predicted molar refractivity (Wildman–Crippen MR) is 286 cm³/mol. The molecule has 0 unspecified atom stereocenters. The van der Waals surface area contributed by atoms with E-state index in [1.54, 1.807) is 0 Å². The highest BCUT2D eigenvalue weighted by Gasteiger charge is 2.60. The van der Waals surface area contributed by atoms with Crippen molar-refractivity contribution >= 4 is 102 Å². The minimum Gasteiger partial charge on any atom is -0.489 e. The van der Waals surface area contributed by atoms with Gasteiger partial charge >= 0.3 is 33.1 Å². The Labute approximate surface area is 460 Å². The number of hydrogen-bond donors (Lipinski definition) is 0. The van der Waals surface area contributed by atoms with Crippen molar-refractivity contribution in [3.63, 3.8) is 0 Å². The fourth-order valence-electron chi connectivity index (χ4n) is 13.7. The Morgan fingerprint density at radius 1 is 0.507 bits per heavy atom. The molecule has 8 saturated carbocycles. The third-order valence-electron chi connectivity index (χ3n) is 16.2. The molecule has 8 nitrogen and oxygen atoms in total. The molecule has 0 saturated heterocycles. The number of carbonyl (C=O) groups excluding carboxylic acids is 2. The molecule has 4 aromatic rings. The van der Waals surface area contributed by atoms with E-state index in [1.165, 1.54) is 71.3 Å². The lowest BCUT2D eigenvalue weighted by Gasteiger charge is -2.60. The molecule has 12 rings (SSSR count). The van der Waals surface area contributed by atoms with Crippen LogP contribution in [0.25, 0.3) is 0 Å². The van der Waals surface area contributed by atoms with Crippen LogP contribution in [0.4, 0.5) is 0 Å². The summed E-state index contributed by atoms with van der Waals surface area (Å²) in [5.74, 6) is 7.60. The Morgan fingerprint density at radius 3 is 1.18 bits per heavy atom. The van der Waals surface area contributed by atoms with Crippen LogP contribution in [0.5, 0.6) is 23.0 Å². The smallest absolute Gasteiger partial charge is 0.357 e. The number of hydrogen-bond acceptors (Lipinski definition) is 8. The van der Waals surface area contributed by atoms with E-state index in [4.69, 9.17) is 28.4 Å². The Morgan fingerprint density at radius 2 is 0.851 bits per heavy atom. The Kier molecular flexibility index (Phi) is 15.5. The average molecular weight is 1470 g/mol. The Bertz CT molecular complexity index is 2230. The summed E-state index contributed by atoms with van der Waals surface area (Å²) < 4.78 is 44.7. The first-order chi connectivity index (χ1) is 32.4. The largest absolute Gasteiger partial charge is 0.489 e. The molecular weight excluding hydrogens is 1410 g/mol. The highest BCUT2D eigenvalue weighted by Crippen LogP contribution is 2.62. The van der Waals surface area contributed by atoms with Crippen LogP contribution in [-0.4, -0.2) is 36.4 Å². The molecule has 8 aliphatic rings. The van der Waals surface area contributed by atoms with E-state index in [2.05, 4.69) is 153 Å². The van der Waals surface area contributed by atoms with E-state index in [0.29, 0.717) is 48.4 Å². The van der Waals surface area contributed by atoms with Crippen LogP contribution in [0.15, 0.2) is 72.8 Å². The van der Waals surface area contributed by atoms with Gasteiger partial charge in [-0.15, -0.1) is 0 Å². The van der Waals surface area contributed by atoms with E-state index in [1.807, 2.05) is 24.3 Å². The van der Waals surface area contributed by atoms with Gasteiger partial charge in [-0.05, 0) is 288 Å². The highest BCUT2D eigenvalue weighted by atomic mass is 127. The van der Waals surface area contributed by atoms with Crippen molar-refractivity contribution < 1.29 is 59.2 Å². The summed E-state index contributed by atoms with van der Waals surface area (Å²) in [5.41, 5.74) is 1.14. The predicted octanol–water partition coefficient (Wildman–Crippen LogP) is 10.4. The summed E-state index contributed by atoms with van der Waals surface area (Å²) >= 11 is 8.79. The lowest BCUT2D eigenvalue weighted by atomic mass is 9.49. The van der Waals surface area contributed by atoms with Crippen LogP contribution in [0.1, 0.15) is 102 Å². The van der Waals surface area contributed by atoms with Crippen molar-refractivity contribution in [3.05, 3.63) is 105 Å². The van der Waals surface area contributed by atoms with Gasteiger partial charge in [0.2, 0.25) is 0 Å². The lowest BCUT2D eigenvalue weighted by Crippen LogP contribution is -3.61. The molecule has 67 heavy (non-hydrogen) atoms. The number of halogens is 5. The van der Waals surface area contributed by atoms with Gasteiger partial charge in [0.15, 0.2) is 20.4 Å². The third kappa shape index (κ3) is 10.6. The Hall–Kier alpha value is -1.33. The Balaban J connectivity index is 0.706. The standard InChI is InChI=1S/C54H58I5O8/c1-3-53(37-15-31-13-32(17-37)18-38(53)16-31)66-49(60)29-64-51-35(23-41(55)25-47(51)57)27-62-45-9-5-43(6-10-45)59-44-7-11-46(12-8-44)63-28-36-24-42(56)26-48(58)52(36)65-30-50(61)67-54(4-2)39-19-33-14-34(21-39)22-40(54)20-33/h5-12,23-26,31-34,37-40H,3-4,13-22,27-30H2,1-2H3/q+1. The van der Waals surface area contributed by atoms with E-state index < -0.39 is 21.2 Å². The third-order valence-corrected chi connectivity index (χ3v) is 21.8. The van der Waals surface area contributed by atoms with Gasteiger partial charge in [-0.1, -0.05) is 13.8 Å². The molecule has 0 amide bonds. The summed E-state index contributed by atoms with van der Waals surface area (Å²) in [4.78, 5) is 26.9. The number of ether oxygens (including phenoxy) is 6. The van der Waals surface area contributed by atoms with Crippen molar-refractivity contribution in [3.8, 4) is 23.0 Å². The average Bonchev–Trinajstić information content (AvgIpc) is 3.30. The zero-order valence-electron chi connectivity index (χ0n) is 38.0. The van der Waals surface area contributed by atoms with Gasteiger partial charge in [0.1, 0.15) is 47.4 Å². The van der Waals surface area contributed by atoms with Crippen LogP contribution in [-0.2, 0) is 32.3 Å². The SMILES string of the molecule is CCC1(OC(=O)COc2c(I)cc(I)cc2COc2ccc([I+]c3ccc(OCc4cc(I)cc(I)c4OCC(=O)OC4(CC)C5CC6CC(C5)CC4C6)cc3)cc2)C2CC3CC(C2)CC1C3. The second kappa shape index (κ2) is 21.0. The van der Waals surface area contributed by atoms with Gasteiger partial charge in [-0.3, -0.25) is 0 Å². The van der Waals surface area contributed by atoms with Crippen LogP contribution >= 0.6 is 90.4 Å². The van der Waals surface area contributed by atoms with E-state index in [-0.39, 0.29) is 36.4 Å².